The number of aliphatic hydroxyl groups excluding tert-OH is 1. The lowest BCUT2D eigenvalue weighted by atomic mass is 10.0. The van der Waals surface area contributed by atoms with Crippen molar-refractivity contribution in [3.63, 3.8) is 0 Å². The Balaban J connectivity index is 2.94. The molecule has 8 atom stereocenters. The van der Waals surface area contributed by atoms with Crippen LogP contribution in [0.1, 0.15) is 65.9 Å². The SMILES string of the molecule is CC(C)C[C@H](NC(=O)[C@H](CC(=O)O)NC(=O)[C@H](CC(C)C)NC(=O)CNC(=O)[C@H](CO)NC(=O)[C@H](CS)NC(=O)[C@H](CC(N)=O)NC(=O)[C@H](C)NC(=O)[C@@H](N)Cc1ccccc1)C(=O)O. The smallest absolute Gasteiger partial charge is 0.326 e. The molecule has 0 unspecified atom stereocenters. The predicted octanol–water partition coefficient (Wildman–Crippen LogP) is -4.46. The Morgan fingerprint density at radius 3 is 1.57 bits per heavy atom. The number of benzene rings is 1. The number of nitrogens with two attached hydrogens (primary N) is 2. The Hall–Kier alpha value is -6.34. The molecule has 24 nitrogen and oxygen atoms in total. The van der Waals surface area contributed by atoms with Gasteiger partial charge < -0.3 is 69.3 Å². The molecule has 0 spiro atoms. The average Bonchev–Trinajstić information content (AvgIpc) is 3.21. The largest absolute Gasteiger partial charge is 0.481 e. The lowest BCUT2D eigenvalue weighted by molar-refractivity contribution is -0.144. The van der Waals surface area contributed by atoms with Crippen LogP contribution in [0.2, 0.25) is 0 Å². The molecule has 0 heterocycles. The van der Waals surface area contributed by atoms with Crippen molar-refractivity contribution in [1.82, 2.24) is 42.5 Å². The van der Waals surface area contributed by atoms with Crippen LogP contribution in [0.15, 0.2) is 30.3 Å². The first-order chi connectivity index (χ1) is 30.4. The minimum absolute atomic E-state index is 0.0103. The van der Waals surface area contributed by atoms with E-state index in [9.17, 15) is 68.1 Å². The van der Waals surface area contributed by atoms with Crippen molar-refractivity contribution in [3.05, 3.63) is 35.9 Å². The molecule has 0 aliphatic rings. The van der Waals surface area contributed by atoms with E-state index in [1.807, 2.05) is 0 Å². The molecule has 0 saturated carbocycles. The van der Waals surface area contributed by atoms with Crippen molar-refractivity contribution >= 4 is 77.7 Å². The quantitative estimate of drug-likeness (QED) is 0.0337. The van der Waals surface area contributed by atoms with E-state index in [2.05, 4.69) is 55.2 Å². The molecule has 65 heavy (non-hydrogen) atoms. The van der Waals surface area contributed by atoms with Crippen LogP contribution in [0.5, 0.6) is 0 Å². The zero-order chi connectivity index (χ0) is 49.6. The maximum atomic E-state index is 13.3. The van der Waals surface area contributed by atoms with Gasteiger partial charge in [-0.1, -0.05) is 58.0 Å². The van der Waals surface area contributed by atoms with Crippen molar-refractivity contribution in [2.75, 3.05) is 18.9 Å². The maximum Gasteiger partial charge on any atom is 0.326 e. The van der Waals surface area contributed by atoms with Gasteiger partial charge in [-0.2, -0.15) is 12.6 Å². The summed E-state index contributed by atoms with van der Waals surface area (Å²) in [6, 6.07) is -2.83. The van der Waals surface area contributed by atoms with Crippen LogP contribution >= 0.6 is 12.6 Å². The number of carbonyl (C=O) groups excluding carboxylic acids is 9. The fraction of sp³-hybridized carbons (Fsp3) is 0.575. The van der Waals surface area contributed by atoms with E-state index in [0.29, 0.717) is 0 Å². The minimum atomic E-state index is -1.73. The molecule has 0 aliphatic carbocycles. The van der Waals surface area contributed by atoms with Crippen molar-refractivity contribution in [2.24, 2.45) is 23.3 Å². The van der Waals surface area contributed by atoms with Crippen molar-refractivity contribution < 1.29 is 68.1 Å². The van der Waals surface area contributed by atoms with Crippen LogP contribution in [0.3, 0.4) is 0 Å². The second-order valence-corrected chi connectivity index (χ2v) is 16.3. The topological polar surface area (TPSA) is 397 Å². The molecule has 0 bridgehead atoms. The first kappa shape index (κ1) is 56.7. The fourth-order valence-electron chi connectivity index (χ4n) is 5.85. The molecular weight excluding hydrogens is 877 g/mol. The number of nitrogens with one attached hydrogen (secondary N) is 8. The lowest BCUT2D eigenvalue weighted by Gasteiger charge is -2.25. The summed E-state index contributed by atoms with van der Waals surface area (Å²) < 4.78 is 0. The summed E-state index contributed by atoms with van der Waals surface area (Å²) in [6.07, 6.45) is -1.52. The Labute approximate surface area is 380 Å². The molecule has 25 heteroatoms. The molecule has 0 fully saturated rings. The van der Waals surface area contributed by atoms with E-state index < -0.39 is 145 Å². The number of primary amides is 1. The number of carboxylic acid groups (broad SMARTS) is 2. The summed E-state index contributed by atoms with van der Waals surface area (Å²) in [5.74, 6) is -12.6. The third kappa shape index (κ3) is 21.7. The molecule has 1 aromatic carbocycles. The second kappa shape index (κ2) is 28.5. The zero-order valence-electron chi connectivity index (χ0n) is 36.8. The number of aliphatic carboxylic acids is 2. The molecule has 0 aromatic heterocycles. The van der Waals surface area contributed by atoms with Gasteiger partial charge in [0.15, 0.2) is 0 Å². The number of thiol groups is 1. The van der Waals surface area contributed by atoms with Crippen LogP contribution in [0.25, 0.3) is 0 Å². The van der Waals surface area contributed by atoms with Crippen LogP contribution in [0, 0.1) is 11.8 Å². The van der Waals surface area contributed by atoms with E-state index >= 15 is 0 Å². The minimum Gasteiger partial charge on any atom is -0.481 e. The molecule has 9 amide bonds. The molecule has 1 aromatic rings. The summed E-state index contributed by atoms with van der Waals surface area (Å²) in [6.45, 7) is 6.26. The van der Waals surface area contributed by atoms with Gasteiger partial charge in [0.05, 0.1) is 32.0 Å². The molecule has 0 aliphatic heterocycles. The number of carboxylic acids is 2. The van der Waals surface area contributed by atoms with Crippen LogP contribution in [-0.2, 0) is 59.2 Å². The van der Waals surface area contributed by atoms with Crippen LogP contribution in [0.4, 0.5) is 0 Å². The summed E-state index contributed by atoms with van der Waals surface area (Å²) in [5.41, 5.74) is 12.0. The summed E-state index contributed by atoms with van der Waals surface area (Å²) >= 11 is 4.05. The highest BCUT2D eigenvalue weighted by Crippen LogP contribution is 2.09. The lowest BCUT2D eigenvalue weighted by Crippen LogP contribution is -2.60. The first-order valence-electron chi connectivity index (χ1n) is 20.5. The van der Waals surface area contributed by atoms with Crippen LogP contribution in [-0.4, -0.2) is 148 Å². The molecule has 15 N–H and O–H groups in total. The zero-order valence-corrected chi connectivity index (χ0v) is 37.6. The second-order valence-electron chi connectivity index (χ2n) is 15.9. The monoisotopic (exact) mass is 938 g/mol. The molecular formula is C40H62N10O14S. The van der Waals surface area contributed by atoms with E-state index in [0.717, 1.165) is 5.56 Å². The Kier molecular flexibility index (Phi) is 24.8. The van der Waals surface area contributed by atoms with Crippen molar-refractivity contribution in [1.29, 1.82) is 0 Å². The molecule has 1 rings (SSSR count). The third-order valence-electron chi connectivity index (χ3n) is 9.17. The van der Waals surface area contributed by atoms with Gasteiger partial charge in [-0.05, 0) is 43.6 Å². The molecule has 0 radical (unpaired) electrons. The van der Waals surface area contributed by atoms with Gasteiger partial charge in [-0.3, -0.25) is 47.9 Å². The maximum absolute atomic E-state index is 13.3. The predicted molar refractivity (Wildman–Crippen MR) is 234 cm³/mol. The Morgan fingerprint density at radius 1 is 0.585 bits per heavy atom. The van der Waals surface area contributed by atoms with E-state index in [-0.39, 0.29) is 31.1 Å². The first-order valence-corrected chi connectivity index (χ1v) is 21.1. The van der Waals surface area contributed by atoms with Gasteiger partial charge >= 0.3 is 11.9 Å². The number of rotatable bonds is 29. The fourth-order valence-corrected chi connectivity index (χ4v) is 6.10. The van der Waals surface area contributed by atoms with Gasteiger partial charge in [-0.15, -0.1) is 0 Å². The van der Waals surface area contributed by atoms with E-state index in [1.165, 1.54) is 6.92 Å². The summed E-state index contributed by atoms with van der Waals surface area (Å²) in [5, 5.41) is 46.9. The average molecular weight is 939 g/mol. The van der Waals surface area contributed by atoms with Gasteiger partial charge in [0.1, 0.15) is 42.3 Å². The highest BCUT2D eigenvalue weighted by Gasteiger charge is 2.34. The number of carbonyl (C=O) groups is 11. The number of amides is 9. The van der Waals surface area contributed by atoms with Crippen molar-refractivity contribution in [2.45, 2.75) is 115 Å². The van der Waals surface area contributed by atoms with Gasteiger partial charge in [0, 0.05) is 5.75 Å². The van der Waals surface area contributed by atoms with Gasteiger partial charge in [-0.25, -0.2) is 4.79 Å². The van der Waals surface area contributed by atoms with Crippen LogP contribution < -0.4 is 54.0 Å². The number of aliphatic hydroxyl groups is 1. The molecule has 0 saturated heterocycles. The van der Waals surface area contributed by atoms with E-state index in [1.54, 1.807) is 58.0 Å². The van der Waals surface area contributed by atoms with E-state index in [4.69, 9.17) is 11.5 Å². The third-order valence-corrected chi connectivity index (χ3v) is 9.54. The Bertz CT molecular complexity index is 1850. The highest BCUT2D eigenvalue weighted by molar-refractivity contribution is 7.80. The van der Waals surface area contributed by atoms with Crippen molar-refractivity contribution in [3.8, 4) is 0 Å². The normalized spacial score (nSPS) is 14.7. The van der Waals surface area contributed by atoms with Gasteiger partial charge in [0.2, 0.25) is 53.2 Å². The number of hydrogen-bond acceptors (Lipinski definition) is 14. The highest BCUT2D eigenvalue weighted by atomic mass is 32.1. The number of hydrogen-bond donors (Lipinski definition) is 14. The van der Waals surface area contributed by atoms with Gasteiger partial charge in [0.25, 0.3) is 0 Å². The summed E-state index contributed by atoms with van der Waals surface area (Å²) in [7, 11) is 0. The Morgan fingerprint density at radius 2 is 1.06 bits per heavy atom. The summed E-state index contributed by atoms with van der Waals surface area (Å²) in [4.78, 5) is 139. The molecule has 362 valence electrons. The standard InChI is InChI=1S/C40H62N10O14S/c1-19(2)11-24(36(59)47-26(15-32(54)55)38(61)48-27(40(63)64)12-20(3)4)45-31(53)16-43-35(58)28(17-51)49-39(62)29(18-65)50-37(60)25(14-30(42)52)46-33(56)21(5)44-34(57)23(41)13-22-9-7-6-8-10-22/h6-10,19-21,23-29,51,65H,11-18,41H2,1-5H3,(H2,42,52)(H,43,58)(H,44,57)(H,45,53)(H,46,56)(H,47,59)(H,48,61)(H,49,62)(H,50,60)(H,54,55)(H,63,64)/t21-,23-,24-,25-,26-,27-,28-,29-/m0/s1.